The predicted molar refractivity (Wildman–Crippen MR) is 110 cm³/mol. The maximum absolute atomic E-state index is 11.2. The van der Waals surface area contributed by atoms with Crippen molar-refractivity contribution in [1.82, 2.24) is 24.5 Å². The summed E-state index contributed by atoms with van der Waals surface area (Å²) in [5.41, 5.74) is 13.3. The number of fused-ring (bicyclic) bond motifs is 1. The smallest absolute Gasteiger partial charge is 0.248 e. The van der Waals surface area contributed by atoms with Gasteiger partial charge in [-0.15, -0.1) is 0 Å². The number of carbonyl (C=O) groups is 1. The summed E-state index contributed by atoms with van der Waals surface area (Å²) >= 11 is 0. The van der Waals surface area contributed by atoms with E-state index in [1.165, 1.54) is 0 Å². The second-order valence-electron chi connectivity index (χ2n) is 7.23. The SMILES string of the molecule is NC(=O)c1ccc(C2(O)CN(c3nc(N)c4ncn(-c5ccncc5)c4n3)C2)cc1. The van der Waals surface area contributed by atoms with E-state index in [-0.39, 0.29) is 18.9 Å². The summed E-state index contributed by atoms with van der Waals surface area (Å²) in [5.74, 6) is 0.171. The Balaban J connectivity index is 1.44. The Hall–Kier alpha value is -4.05. The van der Waals surface area contributed by atoms with Crippen LogP contribution in [0.2, 0.25) is 0 Å². The number of nitrogens with two attached hydrogens (primary N) is 2. The fraction of sp³-hybridized carbons (Fsp3) is 0.150. The van der Waals surface area contributed by atoms with E-state index in [1.54, 1.807) is 43.0 Å². The van der Waals surface area contributed by atoms with Crippen LogP contribution in [0.5, 0.6) is 0 Å². The lowest BCUT2D eigenvalue weighted by Crippen LogP contribution is -2.60. The van der Waals surface area contributed by atoms with Crippen LogP contribution in [-0.2, 0) is 5.60 Å². The van der Waals surface area contributed by atoms with Crippen molar-refractivity contribution in [3.63, 3.8) is 0 Å². The fourth-order valence-corrected chi connectivity index (χ4v) is 3.60. The largest absolute Gasteiger partial charge is 0.382 e. The second-order valence-corrected chi connectivity index (χ2v) is 7.23. The molecule has 10 nitrogen and oxygen atoms in total. The number of rotatable bonds is 4. The Morgan fingerprint density at radius 2 is 1.77 bits per heavy atom. The van der Waals surface area contributed by atoms with Crippen LogP contribution in [0.3, 0.4) is 0 Å². The molecule has 1 aromatic carbocycles. The summed E-state index contributed by atoms with van der Waals surface area (Å²) in [6.45, 7) is 0.578. The molecule has 0 atom stereocenters. The van der Waals surface area contributed by atoms with Gasteiger partial charge in [-0.3, -0.25) is 14.3 Å². The van der Waals surface area contributed by atoms with Gasteiger partial charge in [0.15, 0.2) is 17.0 Å². The van der Waals surface area contributed by atoms with Crippen LogP contribution in [0, 0.1) is 0 Å². The Bertz CT molecular complexity index is 1250. The number of nitrogen functional groups attached to an aromatic ring is 1. The van der Waals surface area contributed by atoms with Crippen LogP contribution in [0.25, 0.3) is 16.9 Å². The first-order valence-corrected chi connectivity index (χ1v) is 9.23. The lowest BCUT2D eigenvalue weighted by atomic mass is 9.86. The third-order valence-electron chi connectivity index (χ3n) is 5.25. The summed E-state index contributed by atoms with van der Waals surface area (Å²) in [6, 6.07) is 10.3. The molecule has 3 aromatic heterocycles. The van der Waals surface area contributed by atoms with Gasteiger partial charge in [0.1, 0.15) is 11.9 Å². The van der Waals surface area contributed by atoms with E-state index in [9.17, 15) is 9.90 Å². The number of primary amides is 1. The van der Waals surface area contributed by atoms with E-state index in [1.807, 2.05) is 21.6 Å². The van der Waals surface area contributed by atoms with Crippen LogP contribution in [-0.4, -0.2) is 48.6 Å². The average molecular weight is 402 g/mol. The number of pyridine rings is 1. The van der Waals surface area contributed by atoms with Gasteiger partial charge in [-0.1, -0.05) is 12.1 Å². The van der Waals surface area contributed by atoms with Crippen molar-refractivity contribution >= 4 is 28.8 Å². The first-order chi connectivity index (χ1) is 14.4. The molecule has 5 N–H and O–H groups in total. The lowest BCUT2D eigenvalue weighted by molar-refractivity contribution is 0.00656. The molecule has 0 aliphatic carbocycles. The van der Waals surface area contributed by atoms with Crippen LogP contribution >= 0.6 is 0 Å². The van der Waals surface area contributed by atoms with Crippen molar-refractivity contribution in [1.29, 1.82) is 0 Å². The summed E-state index contributed by atoms with van der Waals surface area (Å²) < 4.78 is 1.81. The van der Waals surface area contributed by atoms with Crippen molar-refractivity contribution in [3.05, 3.63) is 66.2 Å². The second kappa shape index (κ2) is 6.49. The molecule has 1 fully saturated rings. The Morgan fingerprint density at radius 3 is 2.43 bits per heavy atom. The zero-order chi connectivity index (χ0) is 20.9. The highest BCUT2D eigenvalue weighted by Crippen LogP contribution is 2.35. The van der Waals surface area contributed by atoms with E-state index < -0.39 is 11.5 Å². The quantitative estimate of drug-likeness (QED) is 0.449. The van der Waals surface area contributed by atoms with Gasteiger partial charge in [0.2, 0.25) is 11.9 Å². The van der Waals surface area contributed by atoms with Gasteiger partial charge >= 0.3 is 0 Å². The molecule has 10 heteroatoms. The average Bonchev–Trinajstić information content (AvgIpc) is 3.17. The first kappa shape index (κ1) is 18.0. The van der Waals surface area contributed by atoms with Crippen LogP contribution in [0.15, 0.2) is 55.1 Å². The minimum atomic E-state index is -1.07. The Labute approximate surface area is 170 Å². The minimum absolute atomic E-state index is 0.268. The van der Waals surface area contributed by atoms with Crippen molar-refractivity contribution in [2.45, 2.75) is 5.60 Å². The van der Waals surface area contributed by atoms with E-state index in [2.05, 4.69) is 19.9 Å². The predicted octanol–water partition coefficient (Wildman–Crippen LogP) is 0.599. The topological polar surface area (TPSA) is 149 Å². The summed E-state index contributed by atoms with van der Waals surface area (Å²) in [5, 5.41) is 10.9. The van der Waals surface area contributed by atoms with E-state index >= 15 is 0 Å². The number of hydrogen-bond acceptors (Lipinski definition) is 8. The molecule has 1 amide bonds. The number of amides is 1. The zero-order valence-corrected chi connectivity index (χ0v) is 15.8. The molecule has 5 rings (SSSR count). The summed E-state index contributed by atoms with van der Waals surface area (Å²) in [6.07, 6.45) is 5.01. The number of imidazole rings is 1. The fourth-order valence-electron chi connectivity index (χ4n) is 3.60. The number of benzene rings is 1. The number of anilines is 2. The lowest BCUT2D eigenvalue weighted by Gasteiger charge is -2.46. The van der Waals surface area contributed by atoms with E-state index in [0.717, 1.165) is 5.69 Å². The molecule has 0 spiro atoms. The van der Waals surface area contributed by atoms with Gasteiger partial charge in [-0.05, 0) is 29.8 Å². The van der Waals surface area contributed by atoms with Gasteiger partial charge in [0.25, 0.3) is 0 Å². The van der Waals surface area contributed by atoms with Gasteiger partial charge < -0.3 is 21.5 Å². The number of aromatic nitrogens is 5. The standard InChI is InChI=1S/C20H18N8O2/c21-16-15-18(28(11-24-15)14-5-7-23-8-6-14)26-19(25-16)27-9-20(30,10-27)13-3-1-12(2-4-13)17(22)29/h1-8,11,30H,9-10H2,(H2,22,29)(H2,21,25,26). The maximum Gasteiger partial charge on any atom is 0.248 e. The van der Waals surface area contributed by atoms with Crippen LogP contribution in [0.1, 0.15) is 15.9 Å². The van der Waals surface area contributed by atoms with Crippen LogP contribution < -0.4 is 16.4 Å². The minimum Gasteiger partial charge on any atom is -0.382 e. The van der Waals surface area contributed by atoms with E-state index in [0.29, 0.717) is 28.2 Å². The zero-order valence-electron chi connectivity index (χ0n) is 15.8. The molecule has 1 aliphatic heterocycles. The molecule has 30 heavy (non-hydrogen) atoms. The normalized spacial score (nSPS) is 15.2. The number of β-amino-alcohol motifs (C(OH)–C–C–N with tert-alkyl or cyclic N) is 1. The van der Waals surface area contributed by atoms with Gasteiger partial charge in [-0.25, -0.2) is 4.98 Å². The van der Waals surface area contributed by atoms with Crippen LogP contribution in [0.4, 0.5) is 11.8 Å². The third-order valence-corrected chi connectivity index (χ3v) is 5.25. The molecule has 0 unspecified atom stereocenters. The number of hydrogen-bond donors (Lipinski definition) is 3. The number of carbonyl (C=O) groups excluding carboxylic acids is 1. The summed E-state index contributed by atoms with van der Waals surface area (Å²) in [4.78, 5) is 30.4. The molecule has 0 bridgehead atoms. The third kappa shape index (κ3) is 2.81. The first-order valence-electron chi connectivity index (χ1n) is 9.23. The van der Waals surface area contributed by atoms with Gasteiger partial charge in [-0.2, -0.15) is 9.97 Å². The number of aliphatic hydroxyl groups is 1. The van der Waals surface area contributed by atoms with Crippen molar-refractivity contribution in [2.24, 2.45) is 5.73 Å². The van der Waals surface area contributed by atoms with Gasteiger partial charge in [0.05, 0.1) is 18.8 Å². The molecule has 0 radical (unpaired) electrons. The Morgan fingerprint density at radius 1 is 1.07 bits per heavy atom. The molecule has 4 aromatic rings. The maximum atomic E-state index is 11.2. The monoisotopic (exact) mass is 402 g/mol. The molecule has 150 valence electrons. The highest BCUT2D eigenvalue weighted by Gasteiger charge is 2.44. The van der Waals surface area contributed by atoms with Gasteiger partial charge in [0, 0.05) is 18.0 Å². The van der Waals surface area contributed by atoms with E-state index in [4.69, 9.17) is 11.5 Å². The molecular weight excluding hydrogens is 384 g/mol. The number of nitrogens with zero attached hydrogens (tertiary/aromatic N) is 6. The molecule has 0 saturated carbocycles. The Kier molecular flexibility index (Phi) is 3.90. The van der Waals surface area contributed by atoms with Crippen molar-refractivity contribution < 1.29 is 9.90 Å². The molecule has 1 aliphatic rings. The molecule has 1 saturated heterocycles. The summed E-state index contributed by atoms with van der Waals surface area (Å²) in [7, 11) is 0. The highest BCUT2D eigenvalue weighted by atomic mass is 16.3. The molecular formula is C20H18N8O2. The van der Waals surface area contributed by atoms with Crippen molar-refractivity contribution in [2.75, 3.05) is 23.7 Å². The highest BCUT2D eigenvalue weighted by molar-refractivity contribution is 5.92. The van der Waals surface area contributed by atoms with Crippen molar-refractivity contribution in [3.8, 4) is 5.69 Å². The molecule has 4 heterocycles.